The van der Waals surface area contributed by atoms with Crippen molar-refractivity contribution in [2.24, 2.45) is 10.7 Å². The number of rotatable bonds is 5. The molecule has 0 spiro atoms. The lowest BCUT2D eigenvalue weighted by atomic mass is 10.1. The third-order valence-electron chi connectivity index (χ3n) is 2.23. The predicted molar refractivity (Wildman–Crippen MR) is 92.6 cm³/mol. The molecule has 0 saturated carbocycles. The Labute approximate surface area is 135 Å². The molecule has 0 bridgehead atoms. The van der Waals surface area contributed by atoms with Gasteiger partial charge in [0.15, 0.2) is 5.96 Å². The normalized spacial score (nSPS) is 11.2. The van der Waals surface area contributed by atoms with Crippen LogP contribution < -0.4 is 11.1 Å². The van der Waals surface area contributed by atoms with Gasteiger partial charge in [-0.25, -0.2) is 0 Å². The fraction of sp³-hybridized carbons (Fsp3) is 0.462. The average molecular weight is 426 g/mol. The summed E-state index contributed by atoms with van der Waals surface area (Å²) >= 11 is 3.46. The van der Waals surface area contributed by atoms with E-state index in [-0.39, 0.29) is 24.0 Å². The number of guanidine groups is 1. The second-order valence-electron chi connectivity index (χ2n) is 4.30. The van der Waals surface area contributed by atoms with Gasteiger partial charge in [-0.2, -0.15) is 0 Å². The molecular weight excluding hydrogens is 405 g/mol. The van der Waals surface area contributed by atoms with Gasteiger partial charge in [-0.3, -0.25) is 4.99 Å². The molecule has 18 heavy (non-hydrogen) atoms. The van der Waals surface area contributed by atoms with E-state index in [1.165, 1.54) is 5.56 Å². The maximum atomic E-state index is 5.71. The second-order valence-corrected chi connectivity index (χ2v) is 5.22. The number of aliphatic imine (C=N–C) groups is 1. The van der Waals surface area contributed by atoms with E-state index in [1.807, 2.05) is 19.9 Å². The van der Waals surface area contributed by atoms with Crippen molar-refractivity contribution in [2.75, 3.05) is 6.54 Å². The number of benzene rings is 1. The van der Waals surface area contributed by atoms with Crippen LogP contribution in [-0.2, 0) is 6.42 Å². The standard InChI is InChI=1S/C13H20BrN3.HI/c1-10(2)17-13(15)16-8-4-6-11-5-3-7-12(14)9-11;/h3,5,7,9-10H,4,6,8H2,1-2H3,(H3,15,16,17);1H. The van der Waals surface area contributed by atoms with Gasteiger partial charge in [0.05, 0.1) is 0 Å². The summed E-state index contributed by atoms with van der Waals surface area (Å²) in [7, 11) is 0. The molecule has 3 nitrogen and oxygen atoms in total. The molecule has 3 N–H and O–H groups in total. The van der Waals surface area contributed by atoms with Gasteiger partial charge < -0.3 is 11.1 Å². The third-order valence-corrected chi connectivity index (χ3v) is 2.72. The zero-order valence-electron chi connectivity index (χ0n) is 10.8. The number of halogens is 2. The number of hydrogen-bond acceptors (Lipinski definition) is 1. The van der Waals surface area contributed by atoms with Crippen LogP contribution in [0.15, 0.2) is 33.7 Å². The Kier molecular flexibility index (Phi) is 9.45. The van der Waals surface area contributed by atoms with Gasteiger partial charge in [0, 0.05) is 17.1 Å². The van der Waals surface area contributed by atoms with Crippen molar-refractivity contribution in [2.45, 2.75) is 32.7 Å². The Hall–Kier alpha value is -0.300. The molecule has 0 saturated heterocycles. The van der Waals surface area contributed by atoms with Crippen LogP contribution in [0.1, 0.15) is 25.8 Å². The minimum absolute atomic E-state index is 0. The number of nitrogens with two attached hydrogens (primary N) is 1. The molecule has 0 aliphatic carbocycles. The van der Waals surface area contributed by atoms with Crippen LogP contribution in [0.5, 0.6) is 0 Å². The summed E-state index contributed by atoms with van der Waals surface area (Å²) < 4.78 is 1.12. The first-order valence-corrected chi connectivity index (χ1v) is 6.68. The van der Waals surface area contributed by atoms with Gasteiger partial charge in [-0.1, -0.05) is 28.1 Å². The molecule has 1 aromatic rings. The molecule has 0 aliphatic rings. The number of nitrogens with zero attached hydrogens (tertiary/aromatic N) is 1. The van der Waals surface area contributed by atoms with E-state index in [2.05, 4.69) is 44.4 Å². The first-order chi connectivity index (χ1) is 8.08. The maximum absolute atomic E-state index is 5.71. The van der Waals surface area contributed by atoms with Crippen molar-refractivity contribution in [3.05, 3.63) is 34.3 Å². The predicted octanol–water partition coefficient (Wildman–Crippen LogP) is 3.31. The summed E-state index contributed by atoms with van der Waals surface area (Å²) in [5, 5.41) is 3.07. The third kappa shape index (κ3) is 7.92. The Morgan fingerprint density at radius 1 is 1.44 bits per heavy atom. The van der Waals surface area contributed by atoms with E-state index in [0.29, 0.717) is 12.0 Å². The first kappa shape index (κ1) is 17.7. The lowest BCUT2D eigenvalue weighted by Gasteiger charge is -2.08. The van der Waals surface area contributed by atoms with Crippen molar-refractivity contribution < 1.29 is 0 Å². The zero-order valence-corrected chi connectivity index (χ0v) is 14.7. The Morgan fingerprint density at radius 3 is 2.78 bits per heavy atom. The van der Waals surface area contributed by atoms with E-state index in [1.54, 1.807) is 0 Å². The fourth-order valence-corrected chi connectivity index (χ4v) is 1.96. The highest BCUT2D eigenvalue weighted by Crippen LogP contribution is 2.12. The summed E-state index contributed by atoms with van der Waals surface area (Å²) in [6.07, 6.45) is 2.04. The van der Waals surface area contributed by atoms with Crippen LogP contribution in [0.25, 0.3) is 0 Å². The molecule has 0 atom stereocenters. The molecule has 0 unspecified atom stereocenters. The van der Waals surface area contributed by atoms with Crippen molar-refractivity contribution in [3.8, 4) is 0 Å². The van der Waals surface area contributed by atoms with E-state index < -0.39 is 0 Å². The molecule has 0 heterocycles. The first-order valence-electron chi connectivity index (χ1n) is 5.89. The SMILES string of the molecule is CC(C)NC(N)=NCCCc1cccc(Br)c1.I. The highest BCUT2D eigenvalue weighted by Gasteiger charge is 1.96. The molecule has 5 heteroatoms. The zero-order chi connectivity index (χ0) is 12.7. The number of hydrogen-bond donors (Lipinski definition) is 2. The van der Waals surface area contributed by atoms with Crippen molar-refractivity contribution >= 4 is 45.9 Å². The summed E-state index contributed by atoms with van der Waals surface area (Å²) in [5.74, 6) is 0.536. The lowest BCUT2D eigenvalue weighted by Crippen LogP contribution is -2.36. The van der Waals surface area contributed by atoms with Gasteiger partial charge in [-0.15, -0.1) is 24.0 Å². The van der Waals surface area contributed by atoms with E-state index in [0.717, 1.165) is 23.9 Å². The molecule has 0 amide bonds. The smallest absolute Gasteiger partial charge is 0.188 e. The molecule has 0 radical (unpaired) electrons. The molecule has 0 aliphatic heterocycles. The van der Waals surface area contributed by atoms with Crippen LogP contribution in [0.4, 0.5) is 0 Å². The van der Waals surface area contributed by atoms with E-state index >= 15 is 0 Å². The van der Waals surface area contributed by atoms with E-state index in [4.69, 9.17) is 5.73 Å². The highest BCUT2D eigenvalue weighted by atomic mass is 127. The second kappa shape index (κ2) is 9.61. The van der Waals surface area contributed by atoms with E-state index in [9.17, 15) is 0 Å². The fourth-order valence-electron chi connectivity index (χ4n) is 1.52. The van der Waals surface area contributed by atoms with Crippen LogP contribution in [0.3, 0.4) is 0 Å². The minimum atomic E-state index is 0. The molecule has 1 aromatic carbocycles. The van der Waals surface area contributed by atoms with Gasteiger partial charge in [0.2, 0.25) is 0 Å². The van der Waals surface area contributed by atoms with Gasteiger partial charge in [-0.05, 0) is 44.4 Å². The topological polar surface area (TPSA) is 50.4 Å². The van der Waals surface area contributed by atoms with Crippen LogP contribution in [-0.4, -0.2) is 18.5 Å². The summed E-state index contributed by atoms with van der Waals surface area (Å²) in [5.41, 5.74) is 7.03. The van der Waals surface area contributed by atoms with Crippen molar-refractivity contribution in [3.63, 3.8) is 0 Å². The van der Waals surface area contributed by atoms with Crippen LogP contribution >= 0.6 is 39.9 Å². The van der Waals surface area contributed by atoms with Gasteiger partial charge in [0.25, 0.3) is 0 Å². The van der Waals surface area contributed by atoms with Crippen LogP contribution in [0.2, 0.25) is 0 Å². The molecule has 0 aromatic heterocycles. The molecular formula is C13H21BrIN3. The highest BCUT2D eigenvalue weighted by molar-refractivity contribution is 14.0. The maximum Gasteiger partial charge on any atom is 0.188 e. The molecule has 102 valence electrons. The van der Waals surface area contributed by atoms with Gasteiger partial charge >= 0.3 is 0 Å². The quantitative estimate of drug-likeness (QED) is 0.329. The largest absolute Gasteiger partial charge is 0.370 e. The summed E-state index contributed by atoms with van der Waals surface area (Å²) in [4.78, 5) is 4.27. The monoisotopic (exact) mass is 425 g/mol. The Morgan fingerprint density at radius 2 is 2.17 bits per heavy atom. The Balaban J connectivity index is 0.00000289. The Bertz CT molecular complexity index is 380. The molecule has 0 fully saturated rings. The van der Waals surface area contributed by atoms with Crippen molar-refractivity contribution in [1.82, 2.24) is 5.32 Å². The van der Waals surface area contributed by atoms with Crippen molar-refractivity contribution in [1.29, 1.82) is 0 Å². The molecule has 1 rings (SSSR count). The number of nitrogens with one attached hydrogen (secondary N) is 1. The van der Waals surface area contributed by atoms with Crippen LogP contribution in [0, 0.1) is 0 Å². The lowest BCUT2D eigenvalue weighted by molar-refractivity contribution is 0.719. The minimum Gasteiger partial charge on any atom is -0.370 e. The number of aryl methyl sites for hydroxylation is 1. The summed E-state index contributed by atoms with van der Waals surface area (Å²) in [6.45, 7) is 4.85. The average Bonchev–Trinajstić information content (AvgIpc) is 2.23. The van der Waals surface area contributed by atoms with Gasteiger partial charge in [0.1, 0.15) is 0 Å². The summed E-state index contributed by atoms with van der Waals surface area (Å²) in [6, 6.07) is 8.69.